The van der Waals surface area contributed by atoms with E-state index in [9.17, 15) is 8.78 Å². The molecule has 0 bridgehead atoms. The van der Waals surface area contributed by atoms with Crippen LogP contribution in [0, 0.1) is 18.6 Å². The average Bonchev–Trinajstić information content (AvgIpc) is 2.15. The van der Waals surface area contributed by atoms with Crippen molar-refractivity contribution in [2.24, 2.45) is 0 Å². The van der Waals surface area contributed by atoms with Crippen LogP contribution in [-0.2, 0) is 0 Å². The normalized spacial score (nSPS) is 10.5. The summed E-state index contributed by atoms with van der Waals surface area (Å²) in [5.74, 6) is -0.843. The third-order valence-corrected chi connectivity index (χ3v) is 2.52. The van der Waals surface area contributed by atoms with Gasteiger partial charge in [-0.25, -0.2) is 8.78 Å². The highest BCUT2D eigenvalue weighted by molar-refractivity contribution is 6.30. The molecule has 0 aliphatic rings. The van der Waals surface area contributed by atoms with Gasteiger partial charge in [-0.1, -0.05) is 23.7 Å². The number of halogens is 3. The average molecular weight is 239 g/mol. The summed E-state index contributed by atoms with van der Waals surface area (Å²) in [7, 11) is 0. The van der Waals surface area contributed by atoms with E-state index in [-0.39, 0.29) is 10.8 Å². The Labute approximate surface area is 97.5 Å². The van der Waals surface area contributed by atoms with Gasteiger partial charge in [0.25, 0.3) is 0 Å². The fraction of sp³-hybridized carbons (Fsp3) is 0.0769. The zero-order valence-corrected chi connectivity index (χ0v) is 9.35. The summed E-state index contributed by atoms with van der Waals surface area (Å²) >= 11 is 5.72. The maximum atomic E-state index is 13.6. The minimum Gasteiger partial charge on any atom is -0.207 e. The number of aryl methyl sites for hydroxylation is 1. The van der Waals surface area contributed by atoms with Crippen LogP contribution in [0.1, 0.15) is 5.56 Å². The highest BCUT2D eigenvalue weighted by atomic mass is 35.5. The van der Waals surface area contributed by atoms with Crippen molar-refractivity contribution >= 4 is 11.6 Å². The standard InChI is InChI=1S/C13H9ClF2/c1-8-2-3-12(13(16)4-8)9-5-10(14)7-11(15)6-9/h2-7H,1H3. The highest BCUT2D eigenvalue weighted by Crippen LogP contribution is 2.27. The van der Waals surface area contributed by atoms with Crippen LogP contribution in [0.2, 0.25) is 5.02 Å². The zero-order chi connectivity index (χ0) is 11.7. The minimum atomic E-state index is -0.470. The highest BCUT2D eigenvalue weighted by Gasteiger charge is 2.07. The van der Waals surface area contributed by atoms with Crippen molar-refractivity contribution in [2.45, 2.75) is 6.92 Å². The molecule has 0 aliphatic heterocycles. The van der Waals surface area contributed by atoms with Gasteiger partial charge in [0, 0.05) is 10.6 Å². The van der Waals surface area contributed by atoms with Crippen molar-refractivity contribution in [1.29, 1.82) is 0 Å². The van der Waals surface area contributed by atoms with Crippen LogP contribution in [0.4, 0.5) is 8.78 Å². The van der Waals surface area contributed by atoms with E-state index >= 15 is 0 Å². The number of hydrogen-bond acceptors (Lipinski definition) is 0. The number of hydrogen-bond donors (Lipinski definition) is 0. The molecule has 0 N–H and O–H groups in total. The molecule has 2 aromatic carbocycles. The van der Waals surface area contributed by atoms with Crippen LogP contribution in [-0.4, -0.2) is 0 Å². The van der Waals surface area contributed by atoms with Crippen LogP contribution in [0.25, 0.3) is 11.1 Å². The molecule has 3 heteroatoms. The third-order valence-electron chi connectivity index (χ3n) is 2.30. The summed E-state index contributed by atoms with van der Waals surface area (Å²) in [4.78, 5) is 0. The van der Waals surface area contributed by atoms with E-state index in [1.54, 1.807) is 25.1 Å². The minimum absolute atomic E-state index is 0.259. The van der Waals surface area contributed by atoms with Crippen LogP contribution in [0.3, 0.4) is 0 Å². The Hall–Kier alpha value is -1.41. The Kier molecular flexibility index (Phi) is 2.92. The van der Waals surface area contributed by atoms with Crippen molar-refractivity contribution in [1.82, 2.24) is 0 Å². The molecule has 0 amide bonds. The van der Waals surface area contributed by atoms with Crippen molar-refractivity contribution in [3.05, 3.63) is 58.6 Å². The molecule has 0 unspecified atom stereocenters. The van der Waals surface area contributed by atoms with Gasteiger partial charge in [-0.15, -0.1) is 0 Å². The molecule has 0 heterocycles. The number of benzene rings is 2. The maximum Gasteiger partial charge on any atom is 0.131 e. The lowest BCUT2D eigenvalue weighted by molar-refractivity contribution is 0.624. The van der Waals surface area contributed by atoms with Gasteiger partial charge in [0.05, 0.1) is 0 Å². The SMILES string of the molecule is Cc1ccc(-c2cc(F)cc(Cl)c2)c(F)c1. The summed E-state index contributed by atoms with van der Waals surface area (Å²) < 4.78 is 26.8. The first-order valence-corrected chi connectivity index (χ1v) is 5.16. The van der Waals surface area contributed by atoms with E-state index in [0.717, 1.165) is 5.56 Å². The predicted molar refractivity (Wildman–Crippen MR) is 61.5 cm³/mol. The molecule has 0 fully saturated rings. The van der Waals surface area contributed by atoms with Crippen LogP contribution >= 0.6 is 11.6 Å². The lowest BCUT2D eigenvalue weighted by Crippen LogP contribution is -1.87. The second-order valence-corrected chi connectivity index (χ2v) is 4.08. The van der Waals surface area contributed by atoms with E-state index < -0.39 is 5.82 Å². The van der Waals surface area contributed by atoms with E-state index in [1.165, 1.54) is 18.2 Å². The Morgan fingerprint density at radius 3 is 2.38 bits per heavy atom. The molecule has 0 saturated heterocycles. The first kappa shape index (κ1) is 11.1. The molecular weight excluding hydrogens is 230 g/mol. The van der Waals surface area contributed by atoms with Crippen molar-refractivity contribution in [2.75, 3.05) is 0 Å². The summed E-state index contributed by atoms with van der Waals surface area (Å²) in [5.41, 5.74) is 1.62. The molecule has 0 saturated carbocycles. The quantitative estimate of drug-likeness (QED) is 0.682. The molecule has 82 valence electrons. The number of rotatable bonds is 1. The van der Waals surface area contributed by atoms with Gasteiger partial charge < -0.3 is 0 Å². The Balaban J connectivity index is 2.58. The molecule has 0 aromatic heterocycles. The summed E-state index contributed by atoms with van der Waals surface area (Å²) in [5, 5.41) is 0.259. The molecule has 16 heavy (non-hydrogen) atoms. The molecule has 0 aliphatic carbocycles. The fourth-order valence-electron chi connectivity index (χ4n) is 1.56. The van der Waals surface area contributed by atoms with E-state index in [4.69, 9.17) is 11.6 Å². The Bertz CT molecular complexity index is 515. The van der Waals surface area contributed by atoms with E-state index in [2.05, 4.69) is 0 Å². The van der Waals surface area contributed by atoms with Gasteiger partial charge in [0.15, 0.2) is 0 Å². The molecule has 2 aromatic rings. The molecule has 0 radical (unpaired) electrons. The topological polar surface area (TPSA) is 0 Å². The van der Waals surface area contributed by atoms with Crippen molar-refractivity contribution < 1.29 is 8.78 Å². The summed E-state index contributed by atoms with van der Waals surface area (Å²) in [6.45, 7) is 1.80. The first-order valence-electron chi connectivity index (χ1n) is 4.79. The van der Waals surface area contributed by atoms with E-state index in [1.807, 2.05) is 0 Å². The third kappa shape index (κ3) is 2.22. The molecular formula is C13H9ClF2. The van der Waals surface area contributed by atoms with Gasteiger partial charge in [0.1, 0.15) is 11.6 Å². The fourth-order valence-corrected chi connectivity index (χ4v) is 1.79. The van der Waals surface area contributed by atoms with Crippen LogP contribution < -0.4 is 0 Å². The van der Waals surface area contributed by atoms with Crippen LogP contribution in [0.5, 0.6) is 0 Å². The summed E-state index contributed by atoms with van der Waals surface area (Å²) in [6, 6.07) is 8.80. The Morgan fingerprint density at radius 1 is 1.00 bits per heavy atom. The zero-order valence-electron chi connectivity index (χ0n) is 8.60. The van der Waals surface area contributed by atoms with Gasteiger partial charge in [-0.2, -0.15) is 0 Å². The summed E-state index contributed by atoms with van der Waals surface area (Å²) in [6.07, 6.45) is 0. The molecule has 2 rings (SSSR count). The molecule has 0 atom stereocenters. The van der Waals surface area contributed by atoms with Crippen molar-refractivity contribution in [3.63, 3.8) is 0 Å². The van der Waals surface area contributed by atoms with Gasteiger partial charge in [-0.05, 0) is 42.3 Å². The van der Waals surface area contributed by atoms with Gasteiger partial charge >= 0.3 is 0 Å². The van der Waals surface area contributed by atoms with Gasteiger partial charge in [0.2, 0.25) is 0 Å². The maximum absolute atomic E-state index is 13.6. The predicted octanol–water partition coefficient (Wildman–Crippen LogP) is 4.59. The lowest BCUT2D eigenvalue weighted by atomic mass is 10.0. The second-order valence-electron chi connectivity index (χ2n) is 3.64. The second kappa shape index (κ2) is 4.22. The monoisotopic (exact) mass is 238 g/mol. The Morgan fingerprint density at radius 2 is 1.75 bits per heavy atom. The van der Waals surface area contributed by atoms with Crippen LogP contribution in [0.15, 0.2) is 36.4 Å². The molecule has 0 nitrogen and oxygen atoms in total. The van der Waals surface area contributed by atoms with Gasteiger partial charge in [-0.3, -0.25) is 0 Å². The first-order chi connectivity index (χ1) is 7.56. The van der Waals surface area contributed by atoms with E-state index in [0.29, 0.717) is 11.1 Å². The smallest absolute Gasteiger partial charge is 0.131 e. The largest absolute Gasteiger partial charge is 0.207 e. The lowest BCUT2D eigenvalue weighted by Gasteiger charge is -2.05. The van der Waals surface area contributed by atoms with Crippen molar-refractivity contribution in [3.8, 4) is 11.1 Å². The molecule has 0 spiro atoms.